The molecule has 0 amide bonds. The van der Waals surface area contributed by atoms with Crippen LogP contribution >= 0.6 is 0 Å². The Kier molecular flexibility index (Phi) is 7.22. The quantitative estimate of drug-likeness (QED) is 0.160. The molecule has 0 heterocycles. The van der Waals surface area contributed by atoms with Crippen LogP contribution in [0.3, 0.4) is 0 Å². The molecular formula is C55H47N. The predicted octanol–water partition coefficient (Wildman–Crippen LogP) is 14.5. The number of anilines is 2. The molecular weight excluding hydrogens is 675 g/mol. The summed E-state index contributed by atoms with van der Waals surface area (Å²) in [5, 5.41) is 5.20. The van der Waals surface area contributed by atoms with Crippen LogP contribution in [0.15, 0.2) is 170 Å². The highest BCUT2D eigenvalue weighted by molar-refractivity contribution is 6.13. The molecule has 4 bridgehead atoms. The summed E-state index contributed by atoms with van der Waals surface area (Å²) in [4.78, 5) is 2.64. The Morgan fingerprint density at radius 3 is 1.93 bits per heavy atom. The Hall–Kier alpha value is -5.66. The van der Waals surface area contributed by atoms with Crippen LogP contribution in [-0.4, -0.2) is 0 Å². The maximum Gasteiger partial charge on any atom is 0.0462 e. The van der Waals surface area contributed by atoms with Crippen molar-refractivity contribution in [1.29, 1.82) is 0 Å². The van der Waals surface area contributed by atoms with Crippen molar-refractivity contribution in [2.45, 2.75) is 50.9 Å². The van der Waals surface area contributed by atoms with Crippen molar-refractivity contribution >= 4 is 38.5 Å². The summed E-state index contributed by atoms with van der Waals surface area (Å²) < 4.78 is 0. The minimum atomic E-state index is 0.122. The number of fused-ring (bicyclic) bond motifs is 6. The molecule has 4 saturated carbocycles. The van der Waals surface area contributed by atoms with Crippen LogP contribution in [-0.2, 0) is 5.41 Å². The van der Waals surface area contributed by atoms with Crippen LogP contribution in [0.5, 0.6) is 0 Å². The molecule has 0 N–H and O–H groups in total. The lowest BCUT2D eigenvalue weighted by Crippen LogP contribution is -2.55. The highest BCUT2D eigenvalue weighted by Gasteiger charge is 2.61. The molecule has 0 radical (unpaired) electrons. The number of benzene rings is 7. The molecule has 272 valence electrons. The average Bonchev–Trinajstić information content (AvgIpc) is 3.53. The minimum absolute atomic E-state index is 0.122. The van der Waals surface area contributed by atoms with Crippen LogP contribution < -0.4 is 4.90 Å². The van der Waals surface area contributed by atoms with Gasteiger partial charge in [0.2, 0.25) is 0 Å². The second-order valence-corrected chi connectivity index (χ2v) is 17.7. The van der Waals surface area contributed by atoms with Gasteiger partial charge in [0.05, 0.1) is 0 Å². The van der Waals surface area contributed by atoms with E-state index in [1.165, 1.54) is 104 Å². The van der Waals surface area contributed by atoms with Crippen LogP contribution in [0.1, 0.15) is 62.1 Å². The van der Waals surface area contributed by atoms with Gasteiger partial charge in [-0.15, -0.1) is 0 Å². The summed E-state index contributed by atoms with van der Waals surface area (Å²) in [5.74, 6) is 3.66. The first kappa shape index (κ1) is 32.6. The molecule has 56 heavy (non-hydrogen) atoms. The molecule has 7 aromatic carbocycles. The third-order valence-electron chi connectivity index (χ3n) is 14.8. The maximum absolute atomic E-state index is 2.67. The van der Waals surface area contributed by atoms with E-state index in [9.17, 15) is 0 Å². The lowest BCUT2D eigenvalue weighted by atomic mass is 9.43. The largest absolute Gasteiger partial charge is 0.313 e. The van der Waals surface area contributed by atoms with Crippen LogP contribution in [0, 0.1) is 29.6 Å². The summed E-state index contributed by atoms with van der Waals surface area (Å²) in [6.07, 6.45) is 12.8. The van der Waals surface area contributed by atoms with Crippen LogP contribution in [0.2, 0.25) is 0 Å². The Morgan fingerprint density at radius 1 is 0.500 bits per heavy atom. The van der Waals surface area contributed by atoms with E-state index in [4.69, 9.17) is 0 Å². The van der Waals surface area contributed by atoms with Crippen molar-refractivity contribution in [3.05, 3.63) is 186 Å². The minimum Gasteiger partial charge on any atom is -0.313 e. The molecule has 6 aliphatic carbocycles. The molecule has 1 unspecified atom stereocenters. The summed E-state index contributed by atoms with van der Waals surface area (Å²) in [6, 6.07) is 57.8. The fraction of sp³-hybridized carbons (Fsp3) is 0.236. The van der Waals surface area contributed by atoms with E-state index in [0.29, 0.717) is 5.92 Å². The first-order valence-corrected chi connectivity index (χ1v) is 21.2. The Balaban J connectivity index is 1.06. The number of rotatable bonds is 5. The fourth-order valence-electron chi connectivity index (χ4n) is 12.8. The maximum atomic E-state index is 2.67. The van der Waals surface area contributed by atoms with Gasteiger partial charge in [0, 0.05) is 34.0 Å². The monoisotopic (exact) mass is 721 g/mol. The van der Waals surface area contributed by atoms with Crippen molar-refractivity contribution in [2.24, 2.45) is 29.6 Å². The molecule has 13 rings (SSSR count). The van der Waals surface area contributed by atoms with Gasteiger partial charge < -0.3 is 4.90 Å². The van der Waals surface area contributed by atoms with Gasteiger partial charge in [-0.2, -0.15) is 0 Å². The predicted molar refractivity (Wildman–Crippen MR) is 235 cm³/mol. The van der Waals surface area contributed by atoms with Crippen molar-refractivity contribution in [3.63, 3.8) is 0 Å². The Labute approximate surface area is 331 Å². The highest BCUT2D eigenvalue weighted by atomic mass is 15.2. The molecule has 0 aromatic heterocycles. The van der Waals surface area contributed by atoms with Crippen LogP contribution in [0.4, 0.5) is 11.4 Å². The SMILES string of the molecule is CC1CC=CC(c2ccccc2)=C1N(c1ccc(-c2cc3ccccc3c3ccccc23)cc1)c1ccc2c(c1)C1(c3ccccc3-2)C2CC3CC(C2)CC1C3. The van der Waals surface area contributed by atoms with E-state index < -0.39 is 0 Å². The van der Waals surface area contributed by atoms with E-state index in [-0.39, 0.29) is 5.41 Å². The number of nitrogens with zero attached hydrogens (tertiary/aromatic N) is 1. The van der Waals surface area contributed by atoms with E-state index >= 15 is 0 Å². The molecule has 0 aliphatic heterocycles. The number of allylic oxidation sites excluding steroid dienone is 4. The van der Waals surface area contributed by atoms with Gasteiger partial charge in [-0.25, -0.2) is 0 Å². The molecule has 1 heteroatoms. The van der Waals surface area contributed by atoms with Gasteiger partial charge in [-0.1, -0.05) is 140 Å². The second kappa shape index (κ2) is 12.4. The number of hydrogen-bond acceptors (Lipinski definition) is 1. The Bertz CT molecular complexity index is 2720. The van der Waals surface area contributed by atoms with Crippen LogP contribution in [0.25, 0.3) is 49.4 Å². The van der Waals surface area contributed by atoms with E-state index in [1.807, 2.05) is 0 Å². The summed E-state index contributed by atoms with van der Waals surface area (Å²) >= 11 is 0. The first-order valence-electron chi connectivity index (χ1n) is 21.2. The molecule has 7 aromatic rings. The van der Waals surface area contributed by atoms with Crippen molar-refractivity contribution in [2.75, 3.05) is 4.90 Å². The topological polar surface area (TPSA) is 3.24 Å². The van der Waals surface area contributed by atoms with E-state index in [1.54, 1.807) is 11.1 Å². The molecule has 6 aliphatic rings. The lowest BCUT2D eigenvalue weighted by Gasteiger charge is -2.61. The standard InChI is InChI=1S/C55H47N/c1-35-12-11-20-46(38-13-3-2-4-14-38)54(35)56(43-24-22-39(23-25-43)51-33-40-15-5-6-16-45(40)47-17-7-8-18-48(47)51)44-26-27-50-49-19-9-10-21-52(49)55(53(50)34-44)41-29-36-28-37(31-41)32-42(55)30-36/h2-11,13-27,33-37,41-42H,12,28-32H2,1H3. The number of hydrogen-bond donors (Lipinski definition) is 0. The van der Waals surface area contributed by atoms with Gasteiger partial charge in [-0.3, -0.25) is 0 Å². The zero-order chi connectivity index (χ0) is 37.0. The smallest absolute Gasteiger partial charge is 0.0462 e. The summed E-state index contributed by atoms with van der Waals surface area (Å²) in [5.41, 5.74) is 15.3. The third-order valence-corrected chi connectivity index (χ3v) is 14.8. The fourth-order valence-corrected chi connectivity index (χ4v) is 12.8. The van der Waals surface area contributed by atoms with E-state index in [2.05, 4.69) is 176 Å². The van der Waals surface area contributed by atoms with Crippen molar-refractivity contribution < 1.29 is 0 Å². The Morgan fingerprint density at radius 2 is 1.14 bits per heavy atom. The van der Waals surface area contributed by atoms with Crippen molar-refractivity contribution in [1.82, 2.24) is 0 Å². The summed E-state index contributed by atoms with van der Waals surface area (Å²) in [6.45, 7) is 2.42. The molecule has 1 atom stereocenters. The zero-order valence-electron chi connectivity index (χ0n) is 32.2. The molecule has 0 saturated heterocycles. The van der Waals surface area contributed by atoms with Crippen molar-refractivity contribution in [3.8, 4) is 22.3 Å². The zero-order valence-corrected chi connectivity index (χ0v) is 32.2. The highest BCUT2D eigenvalue weighted by Crippen LogP contribution is 2.69. The van der Waals surface area contributed by atoms with Gasteiger partial charge in [0.15, 0.2) is 0 Å². The lowest BCUT2D eigenvalue weighted by molar-refractivity contribution is -0.0399. The van der Waals surface area contributed by atoms with Gasteiger partial charge in [0.25, 0.3) is 0 Å². The molecule has 1 nitrogen and oxygen atoms in total. The van der Waals surface area contributed by atoms with E-state index in [0.717, 1.165) is 30.1 Å². The van der Waals surface area contributed by atoms with Gasteiger partial charge >= 0.3 is 0 Å². The normalized spacial score (nSPS) is 25.6. The third kappa shape index (κ3) is 4.67. The molecule has 4 fully saturated rings. The second-order valence-electron chi connectivity index (χ2n) is 17.7. The van der Waals surface area contributed by atoms with Gasteiger partial charge in [0.1, 0.15) is 0 Å². The average molecular weight is 722 g/mol. The molecule has 1 spiro atoms. The van der Waals surface area contributed by atoms with Gasteiger partial charge in [-0.05, 0) is 153 Å². The first-order chi connectivity index (χ1) is 27.6. The summed E-state index contributed by atoms with van der Waals surface area (Å²) in [7, 11) is 0.